The molecule has 2 rings (SSSR count). The Kier molecular flexibility index (Phi) is 3.61. The number of hydrogen-bond donors (Lipinski definition) is 0. The first-order valence-corrected chi connectivity index (χ1v) is 6.69. The fourth-order valence-electron chi connectivity index (χ4n) is 1.77. The van der Waals surface area contributed by atoms with Gasteiger partial charge in [-0.1, -0.05) is 15.9 Å². The summed E-state index contributed by atoms with van der Waals surface area (Å²) < 4.78 is 0.920. The summed E-state index contributed by atoms with van der Waals surface area (Å²) in [4.78, 5) is 11.4. The molecule has 5 heteroatoms. The van der Waals surface area contributed by atoms with Crippen LogP contribution in [-0.4, -0.2) is 28.4 Å². The first-order valence-electron chi connectivity index (χ1n) is 4.98. The molecular formula is C10H13Br2N3. The van der Waals surface area contributed by atoms with Gasteiger partial charge in [0.05, 0.1) is 4.47 Å². The van der Waals surface area contributed by atoms with Gasteiger partial charge in [0.25, 0.3) is 0 Å². The molecule has 0 unspecified atom stereocenters. The van der Waals surface area contributed by atoms with Crippen molar-refractivity contribution in [2.45, 2.75) is 17.7 Å². The van der Waals surface area contributed by atoms with Crippen molar-refractivity contribution < 1.29 is 0 Å². The van der Waals surface area contributed by atoms with E-state index in [9.17, 15) is 0 Å². The van der Waals surface area contributed by atoms with Gasteiger partial charge in [0, 0.05) is 30.8 Å². The molecule has 15 heavy (non-hydrogen) atoms. The molecule has 0 aliphatic heterocycles. The quantitative estimate of drug-likeness (QED) is 0.796. The van der Waals surface area contributed by atoms with Gasteiger partial charge < -0.3 is 4.90 Å². The van der Waals surface area contributed by atoms with Crippen LogP contribution in [0.2, 0.25) is 0 Å². The molecule has 1 aliphatic rings. The summed E-state index contributed by atoms with van der Waals surface area (Å²) in [6, 6.07) is 0. The highest BCUT2D eigenvalue weighted by atomic mass is 79.9. The maximum Gasteiger partial charge on any atom is 0.225 e. The van der Waals surface area contributed by atoms with Crippen LogP contribution in [0.3, 0.4) is 0 Å². The van der Waals surface area contributed by atoms with Gasteiger partial charge in [-0.3, -0.25) is 0 Å². The van der Waals surface area contributed by atoms with E-state index in [1.54, 1.807) is 12.4 Å². The summed E-state index contributed by atoms with van der Waals surface area (Å²) in [5.74, 6) is 1.59. The van der Waals surface area contributed by atoms with Crippen molar-refractivity contribution in [1.82, 2.24) is 9.97 Å². The van der Waals surface area contributed by atoms with Gasteiger partial charge in [0.15, 0.2) is 0 Å². The van der Waals surface area contributed by atoms with Gasteiger partial charge in [-0.25, -0.2) is 9.97 Å². The molecule has 0 radical (unpaired) electrons. The van der Waals surface area contributed by atoms with Crippen LogP contribution in [0.5, 0.6) is 0 Å². The number of aromatic nitrogens is 2. The highest BCUT2D eigenvalue weighted by Crippen LogP contribution is 2.33. The predicted octanol–water partition coefficient (Wildman–Crippen LogP) is 2.85. The van der Waals surface area contributed by atoms with Crippen molar-refractivity contribution in [1.29, 1.82) is 0 Å². The molecule has 0 bridgehead atoms. The van der Waals surface area contributed by atoms with Crippen molar-refractivity contribution in [2.24, 2.45) is 5.92 Å². The molecule has 1 aliphatic carbocycles. The molecule has 3 nitrogen and oxygen atoms in total. The summed E-state index contributed by atoms with van der Waals surface area (Å²) in [5.41, 5.74) is 0. The van der Waals surface area contributed by atoms with E-state index in [0.717, 1.165) is 27.7 Å². The maximum atomic E-state index is 4.26. The van der Waals surface area contributed by atoms with E-state index in [2.05, 4.69) is 46.7 Å². The topological polar surface area (TPSA) is 29.0 Å². The minimum atomic E-state index is 0.724. The maximum absolute atomic E-state index is 4.26. The van der Waals surface area contributed by atoms with E-state index >= 15 is 0 Å². The number of nitrogens with zero attached hydrogens (tertiary/aromatic N) is 3. The molecular weight excluding hydrogens is 322 g/mol. The zero-order valence-corrected chi connectivity index (χ0v) is 11.7. The summed E-state index contributed by atoms with van der Waals surface area (Å²) in [7, 11) is 2.05. The molecule has 0 spiro atoms. The van der Waals surface area contributed by atoms with Gasteiger partial charge in [-0.05, 0) is 34.7 Å². The second kappa shape index (κ2) is 4.78. The standard InChI is InChI=1S/C10H13Br2N3/c1-15(6-7-2-8(11)3-7)10-13-4-9(12)5-14-10/h4-5,7-8H,2-3,6H2,1H3. The Bertz CT molecular complexity index is 322. The third-order valence-electron chi connectivity index (χ3n) is 2.66. The van der Waals surface area contributed by atoms with Crippen molar-refractivity contribution in [3.8, 4) is 0 Å². The lowest BCUT2D eigenvalue weighted by atomic mass is 9.85. The molecule has 1 aromatic rings. The Balaban J connectivity index is 1.90. The van der Waals surface area contributed by atoms with Crippen LogP contribution in [0.1, 0.15) is 12.8 Å². The van der Waals surface area contributed by atoms with E-state index in [1.165, 1.54) is 12.8 Å². The molecule has 0 N–H and O–H groups in total. The molecule has 0 saturated heterocycles. The largest absolute Gasteiger partial charge is 0.344 e. The fraction of sp³-hybridized carbons (Fsp3) is 0.600. The normalized spacial score (nSPS) is 24.7. The van der Waals surface area contributed by atoms with Crippen molar-refractivity contribution >= 4 is 37.8 Å². The minimum absolute atomic E-state index is 0.724. The van der Waals surface area contributed by atoms with Crippen LogP contribution in [0, 0.1) is 5.92 Å². The highest BCUT2D eigenvalue weighted by molar-refractivity contribution is 9.10. The lowest BCUT2D eigenvalue weighted by Crippen LogP contribution is -2.35. The Hall–Kier alpha value is -0.160. The number of anilines is 1. The summed E-state index contributed by atoms with van der Waals surface area (Å²) >= 11 is 6.93. The molecule has 0 aromatic carbocycles. The molecule has 0 amide bonds. The van der Waals surface area contributed by atoms with Gasteiger partial charge in [-0.2, -0.15) is 0 Å². The lowest BCUT2D eigenvalue weighted by molar-refractivity contribution is 0.338. The molecule has 1 heterocycles. The second-order valence-corrected chi connectivity index (χ2v) is 6.23. The first kappa shape index (κ1) is 11.3. The van der Waals surface area contributed by atoms with Crippen LogP contribution in [0.15, 0.2) is 16.9 Å². The monoisotopic (exact) mass is 333 g/mol. The van der Waals surface area contributed by atoms with Crippen molar-refractivity contribution in [3.05, 3.63) is 16.9 Å². The van der Waals surface area contributed by atoms with Crippen LogP contribution < -0.4 is 4.90 Å². The molecule has 0 atom stereocenters. The van der Waals surface area contributed by atoms with Crippen molar-refractivity contribution in [3.63, 3.8) is 0 Å². The van der Waals surface area contributed by atoms with Gasteiger partial charge >= 0.3 is 0 Å². The third kappa shape index (κ3) is 2.91. The van der Waals surface area contributed by atoms with Crippen molar-refractivity contribution in [2.75, 3.05) is 18.5 Å². The summed E-state index contributed by atoms with van der Waals surface area (Å²) in [5, 5.41) is 0. The summed E-state index contributed by atoms with van der Waals surface area (Å²) in [6.07, 6.45) is 6.10. The van der Waals surface area contributed by atoms with Crippen LogP contribution in [-0.2, 0) is 0 Å². The number of halogens is 2. The SMILES string of the molecule is CN(CC1CC(Br)C1)c1ncc(Br)cn1. The Morgan fingerprint density at radius 3 is 2.53 bits per heavy atom. The first-order chi connectivity index (χ1) is 7.15. The van der Waals surface area contributed by atoms with Gasteiger partial charge in [-0.15, -0.1) is 0 Å². The Morgan fingerprint density at radius 2 is 2.00 bits per heavy atom. The molecule has 1 aromatic heterocycles. The average molecular weight is 335 g/mol. The van der Waals surface area contributed by atoms with Crippen LogP contribution in [0.4, 0.5) is 5.95 Å². The van der Waals surface area contributed by atoms with Gasteiger partial charge in [0.1, 0.15) is 0 Å². The summed E-state index contributed by atoms with van der Waals surface area (Å²) in [6.45, 7) is 1.05. The zero-order chi connectivity index (χ0) is 10.8. The Morgan fingerprint density at radius 1 is 1.40 bits per heavy atom. The van der Waals surface area contributed by atoms with Gasteiger partial charge in [0.2, 0.25) is 5.95 Å². The number of rotatable bonds is 3. The van der Waals surface area contributed by atoms with E-state index in [0.29, 0.717) is 0 Å². The highest BCUT2D eigenvalue weighted by Gasteiger charge is 2.28. The van der Waals surface area contributed by atoms with Crippen LogP contribution >= 0.6 is 31.9 Å². The molecule has 1 fully saturated rings. The number of hydrogen-bond acceptors (Lipinski definition) is 3. The Labute approximate surface area is 107 Å². The lowest BCUT2D eigenvalue weighted by Gasteiger charge is -2.34. The smallest absolute Gasteiger partial charge is 0.225 e. The van der Waals surface area contributed by atoms with E-state index in [4.69, 9.17) is 0 Å². The second-order valence-electron chi connectivity index (χ2n) is 4.02. The minimum Gasteiger partial charge on any atom is -0.344 e. The fourth-order valence-corrected chi connectivity index (χ4v) is 3.04. The van der Waals surface area contributed by atoms with E-state index in [1.807, 2.05) is 7.05 Å². The van der Waals surface area contributed by atoms with E-state index in [-0.39, 0.29) is 0 Å². The number of alkyl halides is 1. The predicted molar refractivity (Wildman–Crippen MR) is 68.4 cm³/mol. The van der Waals surface area contributed by atoms with Crippen LogP contribution in [0.25, 0.3) is 0 Å². The zero-order valence-electron chi connectivity index (χ0n) is 8.53. The average Bonchev–Trinajstić information content (AvgIpc) is 2.16. The molecule has 1 saturated carbocycles. The third-order valence-corrected chi connectivity index (χ3v) is 3.82. The molecule has 82 valence electrons. The van der Waals surface area contributed by atoms with E-state index < -0.39 is 0 Å².